The summed E-state index contributed by atoms with van der Waals surface area (Å²) in [5, 5.41) is 0. The van der Waals surface area contributed by atoms with Crippen LogP contribution in [0.4, 0.5) is 13.2 Å². The Balaban J connectivity index is 3.22. The van der Waals surface area contributed by atoms with Crippen molar-refractivity contribution in [2.45, 2.75) is 32.4 Å². The van der Waals surface area contributed by atoms with Crippen molar-refractivity contribution in [2.24, 2.45) is 0 Å². The van der Waals surface area contributed by atoms with E-state index in [2.05, 4.69) is 0 Å². The zero-order valence-electron chi connectivity index (χ0n) is 9.14. The maximum absolute atomic E-state index is 12.6. The first kappa shape index (κ1) is 12.7. The van der Waals surface area contributed by atoms with Gasteiger partial charge in [-0.15, -0.1) is 0 Å². The third-order valence-electron chi connectivity index (χ3n) is 2.60. The first-order valence-corrected chi connectivity index (χ1v) is 5.03. The van der Waals surface area contributed by atoms with E-state index in [9.17, 15) is 18.0 Å². The average Bonchev–Trinajstić information content (AvgIpc) is 2.20. The Morgan fingerprint density at radius 3 is 2.44 bits per heavy atom. The molecule has 0 radical (unpaired) electrons. The van der Waals surface area contributed by atoms with Gasteiger partial charge in [-0.3, -0.25) is 0 Å². The van der Waals surface area contributed by atoms with Gasteiger partial charge >= 0.3 is 6.18 Å². The summed E-state index contributed by atoms with van der Waals surface area (Å²) in [5.41, 5.74) is -0.0577. The number of rotatable bonds is 3. The molecule has 1 rings (SSSR count). The summed E-state index contributed by atoms with van der Waals surface area (Å²) in [5.74, 6) is -0.457. The molecule has 4 heteroatoms. The van der Waals surface area contributed by atoms with Crippen molar-refractivity contribution in [3.05, 3.63) is 34.9 Å². The van der Waals surface area contributed by atoms with E-state index in [0.717, 1.165) is 6.07 Å². The largest absolute Gasteiger partial charge is 0.416 e. The molecule has 0 bridgehead atoms. The molecule has 1 aromatic rings. The van der Waals surface area contributed by atoms with Gasteiger partial charge in [-0.05, 0) is 30.5 Å². The van der Waals surface area contributed by atoms with Gasteiger partial charge in [0.2, 0.25) is 0 Å². The fourth-order valence-corrected chi connectivity index (χ4v) is 1.59. The van der Waals surface area contributed by atoms with E-state index < -0.39 is 17.7 Å². The first-order valence-electron chi connectivity index (χ1n) is 5.03. The van der Waals surface area contributed by atoms with Gasteiger partial charge in [-0.1, -0.05) is 19.1 Å². The van der Waals surface area contributed by atoms with E-state index in [1.54, 1.807) is 13.0 Å². The molecule has 0 aliphatic carbocycles. The first-order chi connectivity index (χ1) is 7.40. The van der Waals surface area contributed by atoms with E-state index in [1.165, 1.54) is 13.0 Å². The lowest BCUT2D eigenvalue weighted by atomic mass is 9.94. The van der Waals surface area contributed by atoms with Crippen LogP contribution >= 0.6 is 0 Å². The summed E-state index contributed by atoms with van der Waals surface area (Å²) in [6.07, 6.45) is -3.17. The van der Waals surface area contributed by atoms with Crippen LogP contribution < -0.4 is 0 Å². The standard InChI is InChI=1S/C12H13F3O/c1-3-9(7-16)10-5-4-8(2)11(6-10)12(13,14)15/h4-7,9H,3H2,1-2H3. The maximum Gasteiger partial charge on any atom is 0.416 e. The van der Waals surface area contributed by atoms with Gasteiger partial charge in [0.1, 0.15) is 6.29 Å². The van der Waals surface area contributed by atoms with Crippen LogP contribution in [-0.4, -0.2) is 6.29 Å². The minimum absolute atomic E-state index is 0.178. The maximum atomic E-state index is 12.6. The molecule has 0 aliphatic rings. The van der Waals surface area contributed by atoms with Crippen LogP contribution in [0.15, 0.2) is 18.2 Å². The lowest BCUT2D eigenvalue weighted by Gasteiger charge is -2.14. The molecule has 1 unspecified atom stereocenters. The number of aryl methyl sites for hydroxylation is 1. The van der Waals surface area contributed by atoms with Gasteiger partial charge in [0.25, 0.3) is 0 Å². The molecular formula is C12H13F3O. The van der Waals surface area contributed by atoms with Crippen molar-refractivity contribution in [3.8, 4) is 0 Å². The van der Waals surface area contributed by atoms with Crippen LogP contribution in [-0.2, 0) is 11.0 Å². The molecule has 0 fully saturated rings. The molecule has 0 aromatic heterocycles. The molecule has 1 aromatic carbocycles. The number of hydrogen-bond acceptors (Lipinski definition) is 1. The molecule has 0 saturated carbocycles. The number of aldehydes is 1. The van der Waals surface area contributed by atoms with Crippen molar-refractivity contribution in [1.82, 2.24) is 0 Å². The van der Waals surface area contributed by atoms with Crippen molar-refractivity contribution in [1.29, 1.82) is 0 Å². The van der Waals surface area contributed by atoms with Gasteiger partial charge in [-0.25, -0.2) is 0 Å². The molecule has 0 aliphatic heterocycles. The Kier molecular flexibility index (Phi) is 3.73. The number of carbonyl (C=O) groups excluding carboxylic acids is 1. The molecule has 0 amide bonds. The number of halogens is 3. The number of hydrogen-bond donors (Lipinski definition) is 0. The minimum atomic E-state index is -4.36. The van der Waals surface area contributed by atoms with E-state index in [0.29, 0.717) is 18.3 Å². The topological polar surface area (TPSA) is 17.1 Å². The third kappa shape index (κ3) is 2.62. The predicted octanol–water partition coefficient (Wildman–Crippen LogP) is 3.71. The van der Waals surface area contributed by atoms with E-state index >= 15 is 0 Å². The van der Waals surface area contributed by atoms with Crippen molar-refractivity contribution in [3.63, 3.8) is 0 Å². The van der Waals surface area contributed by atoms with Crippen LogP contribution in [0.2, 0.25) is 0 Å². The van der Waals surface area contributed by atoms with Gasteiger partial charge in [0, 0.05) is 5.92 Å². The van der Waals surface area contributed by atoms with Crippen LogP contribution in [0.5, 0.6) is 0 Å². The van der Waals surface area contributed by atoms with E-state index in [4.69, 9.17) is 0 Å². The molecule has 0 spiro atoms. The SMILES string of the molecule is CCC(C=O)c1ccc(C)c(C(F)(F)F)c1. The van der Waals surface area contributed by atoms with Gasteiger partial charge < -0.3 is 4.79 Å². The smallest absolute Gasteiger partial charge is 0.303 e. The molecule has 16 heavy (non-hydrogen) atoms. The highest BCUT2D eigenvalue weighted by atomic mass is 19.4. The van der Waals surface area contributed by atoms with Crippen molar-refractivity contribution < 1.29 is 18.0 Å². The number of alkyl halides is 3. The Labute approximate surface area is 92.3 Å². The lowest BCUT2D eigenvalue weighted by molar-refractivity contribution is -0.138. The highest BCUT2D eigenvalue weighted by molar-refractivity contribution is 5.62. The Morgan fingerprint density at radius 2 is 2.00 bits per heavy atom. The summed E-state index contributed by atoms with van der Waals surface area (Å²) in [6, 6.07) is 4.05. The monoisotopic (exact) mass is 230 g/mol. The predicted molar refractivity (Wildman–Crippen MR) is 55.3 cm³/mol. The minimum Gasteiger partial charge on any atom is -0.303 e. The average molecular weight is 230 g/mol. The molecule has 1 nitrogen and oxygen atoms in total. The summed E-state index contributed by atoms with van der Waals surface area (Å²) in [4.78, 5) is 10.7. The van der Waals surface area contributed by atoms with Crippen LogP contribution in [0, 0.1) is 6.92 Å². The van der Waals surface area contributed by atoms with Gasteiger partial charge in [-0.2, -0.15) is 13.2 Å². The molecule has 0 heterocycles. The second kappa shape index (κ2) is 4.68. The van der Waals surface area contributed by atoms with Gasteiger partial charge in [0.05, 0.1) is 5.56 Å². The zero-order chi connectivity index (χ0) is 12.3. The third-order valence-corrected chi connectivity index (χ3v) is 2.60. The molecule has 0 N–H and O–H groups in total. The lowest BCUT2D eigenvalue weighted by Crippen LogP contribution is -2.09. The molecular weight excluding hydrogens is 217 g/mol. The summed E-state index contributed by atoms with van der Waals surface area (Å²) < 4.78 is 37.8. The zero-order valence-corrected chi connectivity index (χ0v) is 9.14. The van der Waals surface area contributed by atoms with Crippen LogP contribution in [0.25, 0.3) is 0 Å². The molecule has 0 saturated heterocycles. The fourth-order valence-electron chi connectivity index (χ4n) is 1.59. The van der Waals surface area contributed by atoms with E-state index in [-0.39, 0.29) is 5.56 Å². The summed E-state index contributed by atoms with van der Waals surface area (Å²) in [6.45, 7) is 3.18. The highest BCUT2D eigenvalue weighted by Gasteiger charge is 2.32. The summed E-state index contributed by atoms with van der Waals surface area (Å²) in [7, 11) is 0. The Bertz CT molecular complexity index is 382. The van der Waals surface area contributed by atoms with Crippen LogP contribution in [0.3, 0.4) is 0 Å². The van der Waals surface area contributed by atoms with Crippen molar-refractivity contribution >= 4 is 6.29 Å². The second-order valence-electron chi connectivity index (χ2n) is 3.72. The normalized spacial score (nSPS) is 13.6. The number of benzene rings is 1. The Morgan fingerprint density at radius 1 is 1.38 bits per heavy atom. The Hall–Kier alpha value is -1.32. The second-order valence-corrected chi connectivity index (χ2v) is 3.72. The van der Waals surface area contributed by atoms with E-state index in [1.807, 2.05) is 0 Å². The molecule has 88 valence electrons. The molecule has 1 atom stereocenters. The quantitative estimate of drug-likeness (QED) is 0.723. The fraction of sp³-hybridized carbons (Fsp3) is 0.417. The van der Waals surface area contributed by atoms with Crippen LogP contribution in [0.1, 0.15) is 36.0 Å². The highest BCUT2D eigenvalue weighted by Crippen LogP contribution is 2.33. The number of carbonyl (C=O) groups is 1. The van der Waals surface area contributed by atoms with Gasteiger partial charge in [0.15, 0.2) is 0 Å². The van der Waals surface area contributed by atoms with Crippen molar-refractivity contribution in [2.75, 3.05) is 0 Å². The summed E-state index contributed by atoms with van der Waals surface area (Å²) >= 11 is 0.